The predicted molar refractivity (Wildman–Crippen MR) is 104 cm³/mol. The molecular formula is C15H27IN6O2. The molecule has 0 aromatic carbocycles. The van der Waals surface area contributed by atoms with Gasteiger partial charge in [-0.15, -0.1) is 24.0 Å². The minimum atomic E-state index is -0.232. The number of rotatable bonds is 4. The molecule has 0 bridgehead atoms. The van der Waals surface area contributed by atoms with Crippen LogP contribution in [0.4, 0.5) is 4.79 Å². The first kappa shape index (κ1) is 20.5. The fourth-order valence-electron chi connectivity index (χ4n) is 2.45. The van der Waals surface area contributed by atoms with Gasteiger partial charge in [0.05, 0.1) is 18.8 Å². The van der Waals surface area contributed by atoms with Crippen LogP contribution in [0.1, 0.15) is 19.5 Å². The SMILES string of the molecule is CCNC(=NCc1ccnn1C)N1CCN(C(=O)OCC)CC1.I. The molecule has 1 saturated heterocycles. The van der Waals surface area contributed by atoms with Crippen molar-refractivity contribution in [2.45, 2.75) is 20.4 Å². The van der Waals surface area contributed by atoms with Crippen molar-refractivity contribution in [1.82, 2.24) is 24.9 Å². The van der Waals surface area contributed by atoms with E-state index in [1.54, 1.807) is 11.1 Å². The molecule has 1 aromatic rings. The first-order valence-corrected chi connectivity index (χ1v) is 8.07. The van der Waals surface area contributed by atoms with Gasteiger partial charge in [0, 0.05) is 46.0 Å². The van der Waals surface area contributed by atoms with E-state index in [-0.39, 0.29) is 30.1 Å². The summed E-state index contributed by atoms with van der Waals surface area (Å²) in [4.78, 5) is 20.3. The van der Waals surface area contributed by atoms with Gasteiger partial charge in [-0.1, -0.05) is 0 Å². The Morgan fingerprint density at radius 2 is 1.96 bits per heavy atom. The molecule has 2 heterocycles. The third kappa shape index (κ3) is 5.53. The van der Waals surface area contributed by atoms with Crippen LogP contribution in [0.25, 0.3) is 0 Å². The monoisotopic (exact) mass is 450 g/mol. The van der Waals surface area contributed by atoms with Crippen LogP contribution in [-0.2, 0) is 18.3 Å². The molecular weight excluding hydrogens is 423 g/mol. The predicted octanol–water partition coefficient (Wildman–Crippen LogP) is 1.28. The van der Waals surface area contributed by atoms with Gasteiger partial charge in [-0.3, -0.25) is 4.68 Å². The number of halogens is 1. The molecule has 9 heteroatoms. The van der Waals surface area contributed by atoms with Crippen LogP contribution in [-0.4, -0.2) is 71.0 Å². The summed E-state index contributed by atoms with van der Waals surface area (Å²) in [6.45, 7) is 8.46. The number of aliphatic imine (C=N–C) groups is 1. The number of piperazine rings is 1. The molecule has 1 aliphatic rings. The maximum atomic E-state index is 11.7. The van der Waals surface area contributed by atoms with Crippen molar-refractivity contribution in [1.29, 1.82) is 0 Å². The van der Waals surface area contributed by atoms with Crippen LogP contribution in [0.2, 0.25) is 0 Å². The third-order valence-electron chi connectivity index (χ3n) is 3.75. The van der Waals surface area contributed by atoms with Gasteiger partial charge in [0.15, 0.2) is 5.96 Å². The fraction of sp³-hybridized carbons (Fsp3) is 0.667. The number of amides is 1. The van der Waals surface area contributed by atoms with E-state index in [4.69, 9.17) is 4.74 Å². The molecule has 0 spiro atoms. The smallest absolute Gasteiger partial charge is 0.409 e. The lowest BCUT2D eigenvalue weighted by Crippen LogP contribution is -2.53. The van der Waals surface area contributed by atoms with Crippen LogP contribution in [0.3, 0.4) is 0 Å². The Morgan fingerprint density at radius 3 is 2.50 bits per heavy atom. The maximum Gasteiger partial charge on any atom is 0.409 e. The first-order chi connectivity index (χ1) is 11.2. The molecule has 2 rings (SSSR count). The highest BCUT2D eigenvalue weighted by molar-refractivity contribution is 14.0. The van der Waals surface area contributed by atoms with Gasteiger partial charge in [-0.2, -0.15) is 5.10 Å². The highest BCUT2D eigenvalue weighted by atomic mass is 127. The van der Waals surface area contributed by atoms with Crippen molar-refractivity contribution in [3.8, 4) is 0 Å². The number of carbonyl (C=O) groups excluding carboxylic acids is 1. The summed E-state index contributed by atoms with van der Waals surface area (Å²) < 4.78 is 6.87. The van der Waals surface area contributed by atoms with Crippen molar-refractivity contribution in [3.05, 3.63) is 18.0 Å². The second-order valence-corrected chi connectivity index (χ2v) is 5.29. The Kier molecular flexibility index (Phi) is 8.87. The lowest BCUT2D eigenvalue weighted by atomic mass is 10.3. The third-order valence-corrected chi connectivity index (χ3v) is 3.75. The quantitative estimate of drug-likeness (QED) is 0.425. The topological polar surface area (TPSA) is 75.0 Å². The summed E-state index contributed by atoms with van der Waals surface area (Å²) in [7, 11) is 1.91. The second kappa shape index (κ2) is 10.4. The molecule has 1 amide bonds. The van der Waals surface area contributed by atoms with Gasteiger partial charge in [0.2, 0.25) is 0 Å². The van der Waals surface area contributed by atoms with Crippen molar-refractivity contribution in [2.75, 3.05) is 39.3 Å². The normalized spacial score (nSPS) is 15.0. The molecule has 0 atom stereocenters. The zero-order chi connectivity index (χ0) is 16.7. The van der Waals surface area contributed by atoms with E-state index < -0.39 is 0 Å². The van der Waals surface area contributed by atoms with E-state index >= 15 is 0 Å². The average Bonchev–Trinajstić information content (AvgIpc) is 2.97. The number of guanidine groups is 1. The number of hydrogen-bond donors (Lipinski definition) is 1. The Labute approximate surface area is 160 Å². The summed E-state index contributed by atoms with van der Waals surface area (Å²) >= 11 is 0. The Bertz CT molecular complexity index is 540. The molecule has 0 aliphatic carbocycles. The number of carbonyl (C=O) groups is 1. The zero-order valence-electron chi connectivity index (χ0n) is 14.6. The van der Waals surface area contributed by atoms with Crippen LogP contribution >= 0.6 is 24.0 Å². The summed E-state index contributed by atoms with van der Waals surface area (Å²) in [6, 6.07) is 1.96. The molecule has 0 radical (unpaired) electrons. The van der Waals surface area contributed by atoms with Gasteiger partial charge >= 0.3 is 6.09 Å². The number of nitrogens with zero attached hydrogens (tertiary/aromatic N) is 5. The molecule has 8 nitrogen and oxygen atoms in total. The fourth-order valence-corrected chi connectivity index (χ4v) is 2.45. The van der Waals surface area contributed by atoms with E-state index in [1.807, 2.05) is 24.7 Å². The van der Waals surface area contributed by atoms with Crippen LogP contribution < -0.4 is 5.32 Å². The van der Waals surface area contributed by atoms with Gasteiger partial charge in [0.1, 0.15) is 0 Å². The standard InChI is InChI=1S/C15H26N6O2.HI/c1-4-16-14(17-12-13-6-7-18-19(13)3)20-8-10-21(11-9-20)15(22)23-5-2;/h6-7H,4-5,8-12H2,1-3H3,(H,16,17);1H. The first-order valence-electron chi connectivity index (χ1n) is 8.07. The molecule has 0 unspecified atom stereocenters. The summed E-state index contributed by atoms with van der Waals surface area (Å²) in [5.74, 6) is 0.872. The van der Waals surface area contributed by atoms with Gasteiger partial charge in [-0.25, -0.2) is 9.79 Å². The summed E-state index contributed by atoms with van der Waals surface area (Å²) in [6.07, 6.45) is 1.54. The Morgan fingerprint density at radius 1 is 1.29 bits per heavy atom. The molecule has 1 aromatic heterocycles. The molecule has 24 heavy (non-hydrogen) atoms. The van der Waals surface area contributed by atoms with Gasteiger partial charge in [0.25, 0.3) is 0 Å². The number of aryl methyl sites for hydroxylation is 1. The van der Waals surface area contributed by atoms with Crippen LogP contribution in [0.5, 0.6) is 0 Å². The summed E-state index contributed by atoms with van der Waals surface area (Å²) in [5.41, 5.74) is 1.06. The van der Waals surface area contributed by atoms with E-state index in [2.05, 4.69) is 27.2 Å². The molecule has 1 fully saturated rings. The van der Waals surface area contributed by atoms with Crippen molar-refractivity contribution in [3.63, 3.8) is 0 Å². The number of aromatic nitrogens is 2. The van der Waals surface area contributed by atoms with Crippen molar-refractivity contribution >= 4 is 36.0 Å². The van der Waals surface area contributed by atoms with Gasteiger partial charge < -0.3 is 19.9 Å². The van der Waals surface area contributed by atoms with Crippen LogP contribution in [0.15, 0.2) is 17.3 Å². The molecule has 136 valence electrons. The largest absolute Gasteiger partial charge is 0.450 e. The van der Waals surface area contributed by atoms with E-state index in [9.17, 15) is 4.79 Å². The highest BCUT2D eigenvalue weighted by Gasteiger charge is 2.23. The highest BCUT2D eigenvalue weighted by Crippen LogP contribution is 2.06. The maximum absolute atomic E-state index is 11.7. The van der Waals surface area contributed by atoms with Gasteiger partial charge in [-0.05, 0) is 19.9 Å². The van der Waals surface area contributed by atoms with E-state index in [0.29, 0.717) is 26.2 Å². The molecule has 0 saturated carbocycles. The lowest BCUT2D eigenvalue weighted by molar-refractivity contribution is 0.0914. The number of ether oxygens (including phenoxy) is 1. The average molecular weight is 450 g/mol. The van der Waals surface area contributed by atoms with E-state index in [1.165, 1.54) is 0 Å². The van der Waals surface area contributed by atoms with E-state index in [0.717, 1.165) is 31.3 Å². The van der Waals surface area contributed by atoms with Crippen molar-refractivity contribution in [2.24, 2.45) is 12.0 Å². The number of hydrogen-bond acceptors (Lipinski definition) is 4. The Balaban J connectivity index is 0.00000288. The lowest BCUT2D eigenvalue weighted by Gasteiger charge is -2.35. The minimum absolute atomic E-state index is 0. The minimum Gasteiger partial charge on any atom is -0.450 e. The van der Waals surface area contributed by atoms with Crippen molar-refractivity contribution < 1.29 is 9.53 Å². The molecule has 1 N–H and O–H groups in total. The Hall–Kier alpha value is -1.52. The molecule has 1 aliphatic heterocycles. The van der Waals surface area contributed by atoms with Crippen LogP contribution in [0, 0.1) is 0 Å². The zero-order valence-corrected chi connectivity index (χ0v) is 16.9. The number of nitrogens with one attached hydrogen (secondary N) is 1. The second-order valence-electron chi connectivity index (χ2n) is 5.29. The summed E-state index contributed by atoms with van der Waals surface area (Å²) in [5, 5.41) is 7.47.